The van der Waals surface area contributed by atoms with Crippen LogP contribution >= 0.6 is 0 Å². The molecule has 0 spiro atoms. The maximum absolute atomic E-state index is 11.4. The fraction of sp³-hybridized carbons (Fsp3) is 0.133. The molecule has 1 unspecified atom stereocenters. The largest absolute Gasteiger partial charge is 0.508 e. The highest BCUT2D eigenvalue weighted by atomic mass is 16.5. The molecule has 0 aromatic heterocycles. The molecule has 3 nitrogen and oxygen atoms in total. The number of aromatic hydroxyl groups is 1. The van der Waals surface area contributed by atoms with Crippen LogP contribution in [0.25, 0.3) is 10.8 Å². The maximum atomic E-state index is 11.4. The number of fused-ring (bicyclic) bond motifs is 1. The molecule has 1 aliphatic heterocycles. The van der Waals surface area contributed by atoms with Crippen LogP contribution in [0.15, 0.2) is 48.6 Å². The average Bonchev–Trinajstić information content (AvgIpc) is 2.69. The summed E-state index contributed by atoms with van der Waals surface area (Å²) in [5, 5.41) is 11.9. The Bertz CT molecular complexity index is 642. The summed E-state index contributed by atoms with van der Waals surface area (Å²) in [6.07, 6.45) is -0.00321. The number of esters is 1. The molecule has 0 radical (unpaired) electrons. The molecule has 0 aliphatic carbocycles. The van der Waals surface area contributed by atoms with E-state index in [4.69, 9.17) is 4.74 Å². The van der Waals surface area contributed by atoms with Crippen LogP contribution in [-0.4, -0.2) is 11.1 Å². The molecule has 0 amide bonds. The first-order valence-corrected chi connectivity index (χ1v) is 5.76. The molecule has 3 rings (SSSR count). The lowest BCUT2D eigenvalue weighted by molar-refractivity contribution is -0.139. The maximum Gasteiger partial charge on any atom is 0.334 e. The van der Waals surface area contributed by atoms with Crippen molar-refractivity contribution in [3.05, 3.63) is 54.1 Å². The van der Waals surface area contributed by atoms with Gasteiger partial charge in [0.1, 0.15) is 11.9 Å². The molecule has 1 fully saturated rings. The van der Waals surface area contributed by atoms with Crippen molar-refractivity contribution in [2.24, 2.45) is 0 Å². The van der Waals surface area contributed by atoms with E-state index >= 15 is 0 Å². The lowest BCUT2D eigenvalue weighted by Crippen LogP contribution is -2.00. The monoisotopic (exact) mass is 240 g/mol. The van der Waals surface area contributed by atoms with Crippen LogP contribution in [0.1, 0.15) is 18.1 Å². The van der Waals surface area contributed by atoms with Gasteiger partial charge < -0.3 is 9.84 Å². The summed E-state index contributed by atoms with van der Waals surface area (Å²) in [6, 6.07) is 11.2. The number of hydrogen-bond acceptors (Lipinski definition) is 3. The number of benzene rings is 2. The number of phenolic OH excluding ortho intramolecular Hbond substituents is 1. The topological polar surface area (TPSA) is 46.5 Å². The first-order chi connectivity index (χ1) is 8.66. The van der Waals surface area contributed by atoms with Crippen molar-refractivity contribution < 1.29 is 14.6 Å². The number of carbonyl (C=O) groups excluding carboxylic acids is 1. The van der Waals surface area contributed by atoms with Crippen LogP contribution < -0.4 is 0 Å². The second-order valence-corrected chi connectivity index (χ2v) is 4.42. The minimum atomic E-state index is -0.434. The Morgan fingerprint density at radius 1 is 1.22 bits per heavy atom. The first kappa shape index (κ1) is 10.8. The van der Waals surface area contributed by atoms with E-state index < -0.39 is 6.10 Å². The molecule has 3 heteroatoms. The summed E-state index contributed by atoms with van der Waals surface area (Å²) in [5.41, 5.74) is 1.12. The van der Waals surface area contributed by atoms with Crippen molar-refractivity contribution in [1.29, 1.82) is 0 Å². The minimum absolute atomic E-state index is 0.154. The molecule has 1 aliphatic rings. The van der Waals surface area contributed by atoms with Crippen molar-refractivity contribution in [1.82, 2.24) is 0 Å². The molecule has 2 aromatic rings. The highest BCUT2D eigenvalue weighted by molar-refractivity contribution is 5.93. The van der Waals surface area contributed by atoms with Gasteiger partial charge in [-0.15, -0.1) is 0 Å². The number of hydrogen-bond donors (Lipinski definition) is 1. The van der Waals surface area contributed by atoms with E-state index in [0.29, 0.717) is 17.6 Å². The fourth-order valence-corrected chi connectivity index (χ4v) is 2.34. The van der Waals surface area contributed by atoms with E-state index in [1.165, 1.54) is 0 Å². The molecule has 0 saturated carbocycles. The second-order valence-electron chi connectivity index (χ2n) is 4.42. The Hall–Kier alpha value is -2.29. The zero-order valence-corrected chi connectivity index (χ0v) is 9.72. The van der Waals surface area contributed by atoms with Crippen LogP contribution in [0, 0.1) is 0 Å². The molecule has 1 atom stereocenters. The zero-order valence-electron chi connectivity index (χ0n) is 9.72. The van der Waals surface area contributed by atoms with Crippen LogP contribution in [0.5, 0.6) is 5.75 Å². The van der Waals surface area contributed by atoms with Crippen LogP contribution in [0.4, 0.5) is 0 Å². The summed E-state index contributed by atoms with van der Waals surface area (Å²) in [4.78, 5) is 11.4. The van der Waals surface area contributed by atoms with Crippen LogP contribution in [0.2, 0.25) is 0 Å². The van der Waals surface area contributed by atoms with Gasteiger partial charge in [-0.25, -0.2) is 4.79 Å². The third-order valence-electron chi connectivity index (χ3n) is 3.24. The third kappa shape index (κ3) is 1.56. The molecule has 18 heavy (non-hydrogen) atoms. The van der Waals surface area contributed by atoms with Gasteiger partial charge >= 0.3 is 5.97 Å². The lowest BCUT2D eigenvalue weighted by atomic mass is 9.97. The van der Waals surface area contributed by atoms with Gasteiger partial charge in [0.25, 0.3) is 0 Å². The normalized spacial score (nSPS) is 19.2. The van der Waals surface area contributed by atoms with Gasteiger partial charge in [-0.1, -0.05) is 36.9 Å². The number of rotatable bonds is 1. The van der Waals surface area contributed by atoms with E-state index in [1.807, 2.05) is 30.3 Å². The SMILES string of the molecule is C=C1CC(c2c(O)ccc3ccccc23)OC1=O. The summed E-state index contributed by atoms with van der Waals surface area (Å²) in [7, 11) is 0. The highest BCUT2D eigenvalue weighted by Gasteiger charge is 2.31. The van der Waals surface area contributed by atoms with Gasteiger partial charge in [-0.2, -0.15) is 0 Å². The fourth-order valence-electron chi connectivity index (χ4n) is 2.34. The van der Waals surface area contributed by atoms with Gasteiger partial charge in [0.15, 0.2) is 0 Å². The van der Waals surface area contributed by atoms with Crippen LogP contribution in [-0.2, 0) is 9.53 Å². The van der Waals surface area contributed by atoms with Crippen molar-refractivity contribution in [2.75, 3.05) is 0 Å². The summed E-state index contributed by atoms with van der Waals surface area (Å²) < 4.78 is 5.25. The molecule has 1 saturated heterocycles. The predicted octanol–water partition coefficient (Wildman–Crippen LogP) is 3.09. The van der Waals surface area contributed by atoms with Gasteiger partial charge in [-0.3, -0.25) is 0 Å². The van der Waals surface area contributed by atoms with Crippen molar-refractivity contribution in [3.63, 3.8) is 0 Å². The minimum Gasteiger partial charge on any atom is -0.508 e. The Morgan fingerprint density at radius 2 is 2.00 bits per heavy atom. The molecule has 90 valence electrons. The third-order valence-corrected chi connectivity index (χ3v) is 3.24. The Labute approximate surface area is 104 Å². The van der Waals surface area contributed by atoms with E-state index in [0.717, 1.165) is 10.8 Å². The van der Waals surface area contributed by atoms with Gasteiger partial charge in [-0.05, 0) is 16.8 Å². The molecular weight excluding hydrogens is 228 g/mol. The van der Waals surface area contributed by atoms with Crippen molar-refractivity contribution in [2.45, 2.75) is 12.5 Å². The van der Waals surface area contributed by atoms with E-state index in [9.17, 15) is 9.90 Å². The second kappa shape index (κ2) is 3.88. The summed E-state index contributed by atoms with van der Waals surface area (Å²) >= 11 is 0. The van der Waals surface area contributed by atoms with E-state index in [1.54, 1.807) is 6.07 Å². The Morgan fingerprint density at radius 3 is 2.72 bits per heavy atom. The number of ether oxygens (including phenoxy) is 1. The van der Waals surface area contributed by atoms with Crippen molar-refractivity contribution in [3.8, 4) is 5.75 Å². The van der Waals surface area contributed by atoms with Gasteiger partial charge in [0.2, 0.25) is 0 Å². The molecular formula is C15H12O3. The van der Waals surface area contributed by atoms with Gasteiger partial charge in [0, 0.05) is 17.6 Å². The number of carbonyl (C=O) groups is 1. The van der Waals surface area contributed by atoms with E-state index in [-0.39, 0.29) is 11.7 Å². The first-order valence-electron chi connectivity index (χ1n) is 5.76. The Kier molecular flexibility index (Phi) is 2.33. The number of cyclic esters (lactones) is 1. The van der Waals surface area contributed by atoms with Crippen molar-refractivity contribution >= 4 is 16.7 Å². The zero-order chi connectivity index (χ0) is 12.7. The smallest absolute Gasteiger partial charge is 0.334 e. The lowest BCUT2D eigenvalue weighted by Gasteiger charge is -2.14. The predicted molar refractivity (Wildman–Crippen MR) is 68.2 cm³/mol. The van der Waals surface area contributed by atoms with Crippen LogP contribution in [0.3, 0.4) is 0 Å². The van der Waals surface area contributed by atoms with Gasteiger partial charge in [0.05, 0.1) is 0 Å². The summed E-state index contributed by atoms with van der Waals surface area (Å²) in [6.45, 7) is 3.66. The van der Waals surface area contributed by atoms with E-state index in [2.05, 4.69) is 6.58 Å². The highest BCUT2D eigenvalue weighted by Crippen LogP contribution is 2.40. The summed E-state index contributed by atoms with van der Waals surface area (Å²) in [5.74, 6) is -0.228. The average molecular weight is 240 g/mol. The quantitative estimate of drug-likeness (QED) is 0.615. The standard InChI is InChI=1S/C15H12O3/c1-9-8-13(18-15(9)17)14-11-5-3-2-4-10(11)6-7-12(14)16/h2-7,13,16H,1,8H2. The Balaban J connectivity index is 2.19. The molecule has 0 bridgehead atoms. The molecule has 1 heterocycles. The number of phenols is 1. The molecule has 2 aromatic carbocycles. The molecule has 1 N–H and O–H groups in total.